The minimum absolute atomic E-state index is 0.0494. The molecule has 2 aliphatic rings. The molecule has 0 unspecified atom stereocenters. The summed E-state index contributed by atoms with van der Waals surface area (Å²) in [6.45, 7) is 4.45. The Hall–Kier alpha value is -2.63. The van der Waals surface area contributed by atoms with Gasteiger partial charge in [0.05, 0.1) is 0 Å². The van der Waals surface area contributed by atoms with Crippen LogP contribution in [-0.4, -0.2) is 55.6 Å². The van der Waals surface area contributed by atoms with Crippen molar-refractivity contribution in [3.8, 4) is 0 Å². The van der Waals surface area contributed by atoms with Gasteiger partial charge in [-0.3, -0.25) is 4.99 Å². The summed E-state index contributed by atoms with van der Waals surface area (Å²) in [4.78, 5) is 13.5. The van der Waals surface area contributed by atoms with Crippen molar-refractivity contribution in [3.63, 3.8) is 0 Å². The second-order valence-corrected chi connectivity index (χ2v) is 7.35. The van der Waals surface area contributed by atoms with Crippen LogP contribution in [0.15, 0.2) is 53.7 Å². The molecule has 0 radical (unpaired) electrons. The van der Waals surface area contributed by atoms with Crippen molar-refractivity contribution in [2.45, 2.75) is 18.3 Å². The number of nitrogens with one attached hydrogen (secondary N) is 1. The van der Waals surface area contributed by atoms with Gasteiger partial charge in [-0.15, -0.1) is 0 Å². The van der Waals surface area contributed by atoms with Crippen LogP contribution in [-0.2, 0) is 5.41 Å². The fraction of sp³-hybridized carbons (Fsp3) is 0.429. The van der Waals surface area contributed by atoms with Crippen LogP contribution in [0.2, 0.25) is 0 Å². The fourth-order valence-corrected chi connectivity index (χ4v) is 3.81. The van der Waals surface area contributed by atoms with Gasteiger partial charge in [0.25, 0.3) is 0 Å². The highest BCUT2D eigenvalue weighted by Gasteiger charge is 2.44. The average Bonchev–Trinajstić information content (AvgIpc) is 3.51. The third kappa shape index (κ3) is 3.89. The summed E-state index contributed by atoms with van der Waals surface area (Å²) in [5, 5.41) is 3.53. The number of aliphatic imine (C=N–C) groups is 1. The molecule has 0 spiro atoms. The maximum absolute atomic E-state index is 13.6. The molecule has 27 heavy (non-hydrogen) atoms. The van der Waals surface area contributed by atoms with E-state index in [4.69, 9.17) is 0 Å². The van der Waals surface area contributed by atoms with E-state index in [0.29, 0.717) is 0 Å². The molecule has 2 fully saturated rings. The summed E-state index contributed by atoms with van der Waals surface area (Å²) in [7, 11) is 1.83. The molecule has 4 rings (SSSR count). The smallest absolute Gasteiger partial charge is 0.193 e. The molecule has 1 saturated heterocycles. The van der Waals surface area contributed by atoms with Gasteiger partial charge in [-0.25, -0.2) is 9.37 Å². The van der Waals surface area contributed by atoms with Gasteiger partial charge >= 0.3 is 0 Å². The monoisotopic (exact) mass is 367 g/mol. The maximum Gasteiger partial charge on any atom is 0.193 e. The molecule has 5 nitrogen and oxygen atoms in total. The molecule has 1 aromatic carbocycles. The van der Waals surface area contributed by atoms with Gasteiger partial charge in [-0.2, -0.15) is 0 Å². The molecule has 1 aliphatic heterocycles. The number of hydrogen-bond donors (Lipinski definition) is 1. The number of hydrogen-bond acceptors (Lipinski definition) is 3. The third-order valence-corrected chi connectivity index (χ3v) is 5.64. The first kappa shape index (κ1) is 17.8. The summed E-state index contributed by atoms with van der Waals surface area (Å²) >= 11 is 0. The fourth-order valence-electron chi connectivity index (χ4n) is 3.81. The summed E-state index contributed by atoms with van der Waals surface area (Å²) in [5.41, 5.74) is 1.14. The number of nitrogens with zero attached hydrogens (tertiary/aromatic N) is 4. The highest BCUT2D eigenvalue weighted by Crippen LogP contribution is 2.47. The normalized spacial score (nSPS) is 19.1. The molecule has 2 aromatic rings. The third-order valence-electron chi connectivity index (χ3n) is 5.64. The largest absolute Gasteiger partial charge is 0.355 e. The van der Waals surface area contributed by atoms with Crippen LogP contribution < -0.4 is 10.2 Å². The van der Waals surface area contributed by atoms with Crippen LogP contribution in [0.4, 0.5) is 10.2 Å². The van der Waals surface area contributed by atoms with Crippen molar-refractivity contribution in [1.82, 2.24) is 15.2 Å². The SMILES string of the molecule is CN=C(NCC1(c2cccc(F)c2)CC1)N1CCN(c2ccccn2)CC1. The second-order valence-electron chi connectivity index (χ2n) is 7.35. The number of aromatic nitrogens is 1. The predicted octanol–water partition coefficient (Wildman–Crippen LogP) is 2.65. The van der Waals surface area contributed by atoms with E-state index in [1.54, 1.807) is 12.1 Å². The van der Waals surface area contributed by atoms with Gasteiger partial charge in [0.1, 0.15) is 11.6 Å². The predicted molar refractivity (Wildman–Crippen MR) is 107 cm³/mol. The molecule has 0 atom stereocenters. The second kappa shape index (κ2) is 7.55. The minimum Gasteiger partial charge on any atom is -0.355 e. The van der Waals surface area contributed by atoms with Crippen molar-refractivity contribution in [1.29, 1.82) is 0 Å². The van der Waals surface area contributed by atoms with Crippen LogP contribution in [0, 0.1) is 5.82 Å². The number of anilines is 1. The van der Waals surface area contributed by atoms with E-state index in [-0.39, 0.29) is 11.2 Å². The standard InChI is InChI=1S/C21H26FN5/c1-23-20(25-16-21(8-9-21)17-5-4-6-18(22)15-17)27-13-11-26(12-14-27)19-7-2-3-10-24-19/h2-7,10,15H,8-9,11-14,16H2,1H3,(H,23,25). The van der Waals surface area contributed by atoms with Gasteiger partial charge in [-0.05, 0) is 42.7 Å². The maximum atomic E-state index is 13.6. The summed E-state index contributed by atoms with van der Waals surface area (Å²) in [6.07, 6.45) is 4.02. The van der Waals surface area contributed by atoms with Crippen LogP contribution >= 0.6 is 0 Å². The van der Waals surface area contributed by atoms with E-state index >= 15 is 0 Å². The summed E-state index contributed by atoms with van der Waals surface area (Å²) in [5.74, 6) is 1.80. The van der Waals surface area contributed by atoms with Crippen molar-refractivity contribution in [2.75, 3.05) is 44.7 Å². The highest BCUT2D eigenvalue weighted by atomic mass is 19.1. The Morgan fingerprint density at radius 3 is 2.59 bits per heavy atom. The zero-order valence-electron chi connectivity index (χ0n) is 15.7. The Morgan fingerprint density at radius 2 is 1.96 bits per heavy atom. The number of rotatable bonds is 4. The zero-order valence-corrected chi connectivity index (χ0v) is 15.7. The van der Waals surface area contributed by atoms with Crippen LogP contribution in [0.5, 0.6) is 0 Å². The summed E-state index contributed by atoms with van der Waals surface area (Å²) < 4.78 is 13.6. The summed E-state index contributed by atoms with van der Waals surface area (Å²) in [6, 6.07) is 13.0. The molecule has 142 valence electrons. The average molecular weight is 367 g/mol. The molecule has 6 heteroatoms. The van der Waals surface area contributed by atoms with Gasteiger partial charge in [0.2, 0.25) is 0 Å². The Balaban J connectivity index is 1.34. The molecule has 1 aliphatic carbocycles. The van der Waals surface area contributed by atoms with Crippen LogP contribution in [0.1, 0.15) is 18.4 Å². The van der Waals surface area contributed by atoms with E-state index in [0.717, 1.165) is 62.9 Å². The van der Waals surface area contributed by atoms with E-state index in [2.05, 4.69) is 31.2 Å². The molecule has 1 N–H and O–H groups in total. The van der Waals surface area contributed by atoms with Crippen LogP contribution in [0.25, 0.3) is 0 Å². The van der Waals surface area contributed by atoms with E-state index in [9.17, 15) is 4.39 Å². The Kier molecular flexibility index (Phi) is 4.97. The van der Waals surface area contributed by atoms with E-state index < -0.39 is 0 Å². The van der Waals surface area contributed by atoms with Gasteiger partial charge in [0, 0.05) is 51.4 Å². The number of pyridine rings is 1. The van der Waals surface area contributed by atoms with Crippen LogP contribution in [0.3, 0.4) is 0 Å². The molecular formula is C21H26FN5. The lowest BCUT2D eigenvalue weighted by molar-refractivity contribution is 0.369. The lowest BCUT2D eigenvalue weighted by Crippen LogP contribution is -2.53. The van der Waals surface area contributed by atoms with Crippen molar-refractivity contribution < 1.29 is 4.39 Å². The van der Waals surface area contributed by atoms with E-state index in [1.165, 1.54) is 6.07 Å². The van der Waals surface area contributed by atoms with Gasteiger partial charge in [-0.1, -0.05) is 18.2 Å². The molecule has 1 aromatic heterocycles. The Morgan fingerprint density at radius 1 is 1.15 bits per heavy atom. The minimum atomic E-state index is -0.159. The number of piperazine rings is 1. The van der Waals surface area contributed by atoms with E-state index in [1.807, 2.05) is 31.4 Å². The molecule has 0 bridgehead atoms. The zero-order chi connectivity index (χ0) is 18.7. The lowest BCUT2D eigenvalue weighted by Gasteiger charge is -2.37. The number of halogens is 1. The van der Waals surface area contributed by atoms with Gasteiger partial charge in [0.15, 0.2) is 5.96 Å². The number of guanidine groups is 1. The molecule has 2 heterocycles. The topological polar surface area (TPSA) is 43.8 Å². The molecular weight excluding hydrogens is 341 g/mol. The van der Waals surface area contributed by atoms with Crippen molar-refractivity contribution >= 4 is 11.8 Å². The quantitative estimate of drug-likeness (QED) is 0.667. The molecule has 0 amide bonds. The van der Waals surface area contributed by atoms with Gasteiger partial charge < -0.3 is 15.1 Å². The van der Waals surface area contributed by atoms with Crippen molar-refractivity contribution in [3.05, 3.63) is 60.0 Å². The number of benzene rings is 1. The Bertz CT molecular complexity index is 795. The first-order valence-corrected chi connectivity index (χ1v) is 9.58. The first-order valence-electron chi connectivity index (χ1n) is 9.58. The Labute approximate surface area is 159 Å². The first-order chi connectivity index (χ1) is 13.2. The lowest BCUT2D eigenvalue weighted by atomic mass is 9.96. The van der Waals surface area contributed by atoms with Crippen molar-refractivity contribution in [2.24, 2.45) is 4.99 Å². The molecule has 1 saturated carbocycles. The highest BCUT2D eigenvalue weighted by molar-refractivity contribution is 5.80.